The normalized spacial score (nSPS) is 12.3. The summed E-state index contributed by atoms with van der Waals surface area (Å²) >= 11 is 0. The Morgan fingerprint density at radius 3 is 1.37 bits per heavy atom. The molecule has 9 rings (SSSR count). The van der Waals surface area contributed by atoms with Gasteiger partial charge in [0.15, 0.2) is 0 Å². The first-order valence-electron chi connectivity index (χ1n) is 18.7. The molecule has 0 atom stereocenters. The molecule has 0 saturated heterocycles. The van der Waals surface area contributed by atoms with E-state index in [0.29, 0.717) is 17.8 Å². The second-order valence-corrected chi connectivity index (χ2v) is 15.4. The van der Waals surface area contributed by atoms with Crippen LogP contribution in [0.2, 0.25) is 0 Å². The van der Waals surface area contributed by atoms with Crippen molar-refractivity contribution in [3.8, 4) is 33.4 Å². The Bertz CT molecular complexity index is 2650. The van der Waals surface area contributed by atoms with Crippen LogP contribution in [0, 0.1) is 0 Å². The van der Waals surface area contributed by atoms with Gasteiger partial charge < -0.3 is 0 Å². The summed E-state index contributed by atoms with van der Waals surface area (Å²) in [4.78, 5) is 0. The van der Waals surface area contributed by atoms with E-state index in [0.717, 1.165) is 0 Å². The Morgan fingerprint density at radius 1 is 0.333 bits per heavy atom. The minimum Gasteiger partial charge on any atom is -0.0622 e. The van der Waals surface area contributed by atoms with E-state index in [1.54, 1.807) is 0 Å². The van der Waals surface area contributed by atoms with Crippen LogP contribution in [-0.4, -0.2) is 0 Å². The first-order valence-corrected chi connectivity index (χ1v) is 18.7. The minimum absolute atomic E-state index is 0.433. The van der Waals surface area contributed by atoms with Crippen molar-refractivity contribution in [2.24, 2.45) is 0 Å². The second-order valence-electron chi connectivity index (χ2n) is 15.4. The molecular weight excluding hydrogens is 613 g/mol. The average Bonchev–Trinajstić information content (AvgIpc) is 3.15. The van der Waals surface area contributed by atoms with Gasteiger partial charge in [0.2, 0.25) is 0 Å². The van der Waals surface area contributed by atoms with Crippen LogP contribution in [0.25, 0.3) is 87.2 Å². The lowest BCUT2D eigenvalue weighted by Crippen LogP contribution is -2.03. The number of fused-ring (bicyclic) bond motifs is 2. The van der Waals surface area contributed by atoms with Crippen molar-refractivity contribution >= 4 is 53.9 Å². The smallest absolute Gasteiger partial charge is 0.00201 e. The summed E-state index contributed by atoms with van der Waals surface area (Å²) in [6.07, 6.45) is 0. The van der Waals surface area contributed by atoms with Crippen LogP contribution >= 0.6 is 0 Å². The molecule has 0 aliphatic rings. The fourth-order valence-corrected chi connectivity index (χ4v) is 8.81. The highest BCUT2D eigenvalue weighted by Gasteiger charge is 2.22. The molecule has 0 amide bonds. The van der Waals surface area contributed by atoms with E-state index in [9.17, 15) is 0 Å². The SMILES string of the molecule is CC(C)c1cc(C(C)C)c(-c2cc3ccc4ccc(-c5c6ccccc6c(-c6ccccc6)c6ccccc56)c5ccc(c2)c3c45)c(C(C)C)c1. The minimum atomic E-state index is 0.433. The lowest BCUT2D eigenvalue weighted by molar-refractivity contribution is 0.807. The fourth-order valence-electron chi connectivity index (χ4n) is 8.81. The van der Waals surface area contributed by atoms with Crippen LogP contribution in [-0.2, 0) is 0 Å². The van der Waals surface area contributed by atoms with Crippen LogP contribution in [0.1, 0.15) is 76.0 Å². The van der Waals surface area contributed by atoms with Gasteiger partial charge in [0.25, 0.3) is 0 Å². The van der Waals surface area contributed by atoms with Crippen molar-refractivity contribution in [1.29, 1.82) is 0 Å². The molecule has 0 radical (unpaired) electrons. The first-order chi connectivity index (χ1) is 24.8. The Hall–Kier alpha value is -5.46. The van der Waals surface area contributed by atoms with Crippen LogP contribution in [0.15, 0.2) is 140 Å². The Labute approximate surface area is 301 Å². The molecule has 0 N–H and O–H groups in total. The Kier molecular flexibility index (Phi) is 7.48. The maximum Gasteiger partial charge on any atom is -0.00201 e. The molecule has 0 aromatic heterocycles. The molecule has 0 aliphatic carbocycles. The molecular formula is C51H44. The van der Waals surface area contributed by atoms with Crippen molar-refractivity contribution in [2.75, 3.05) is 0 Å². The molecule has 0 nitrogen and oxygen atoms in total. The van der Waals surface area contributed by atoms with Gasteiger partial charge >= 0.3 is 0 Å². The third kappa shape index (κ3) is 4.96. The van der Waals surface area contributed by atoms with Gasteiger partial charge in [-0.3, -0.25) is 0 Å². The van der Waals surface area contributed by atoms with Crippen molar-refractivity contribution in [3.05, 3.63) is 156 Å². The zero-order valence-corrected chi connectivity index (χ0v) is 30.5. The van der Waals surface area contributed by atoms with Gasteiger partial charge in [-0.05, 0) is 134 Å². The van der Waals surface area contributed by atoms with E-state index in [4.69, 9.17) is 0 Å². The van der Waals surface area contributed by atoms with E-state index in [2.05, 4.69) is 181 Å². The Morgan fingerprint density at radius 2 is 0.824 bits per heavy atom. The van der Waals surface area contributed by atoms with Gasteiger partial charge in [0.1, 0.15) is 0 Å². The highest BCUT2D eigenvalue weighted by molar-refractivity contribution is 6.29. The first kappa shape index (κ1) is 31.5. The maximum absolute atomic E-state index is 2.48. The molecule has 9 aromatic rings. The Balaban J connectivity index is 1.33. The van der Waals surface area contributed by atoms with E-state index >= 15 is 0 Å². The fraction of sp³-hybridized carbons (Fsp3) is 0.176. The third-order valence-corrected chi connectivity index (χ3v) is 11.3. The molecule has 0 spiro atoms. The predicted octanol–water partition coefficient (Wildman–Crippen LogP) is 15.3. The van der Waals surface area contributed by atoms with Gasteiger partial charge in [-0.1, -0.05) is 169 Å². The summed E-state index contributed by atoms with van der Waals surface area (Å²) in [7, 11) is 0. The number of hydrogen-bond donors (Lipinski definition) is 0. The average molecular weight is 657 g/mol. The van der Waals surface area contributed by atoms with E-state index in [1.165, 1.54) is 104 Å². The lowest BCUT2D eigenvalue weighted by Gasteiger charge is -2.24. The van der Waals surface area contributed by atoms with Crippen molar-refractivity contribution in [3.63, 3.8) is 0 Å². The summed E-state index contributed by atoms with van der Waals surface area (Å²) in [5.74, 6) is 1.36. The lowest BCUT2D eigenvalue weighted by atomic mass is 9.80. The van der Waals surface area contributed by atoms with Crippen molar-refractivity contribution < 1.29 is 0 Å². The molecule has 0 bridgehead atoms. The number of rotatable bonds is 6. The quantitative estimate of drug-likeness (QED) is 0.123. The van der Waals surface area contributed by atoms with Crippen LogP contribution in [0.5, 0.6) is 0 Å². The van der Waals surface area contributed by atoms with Gasteiger partial charge in [-0.25, -0.2) is 0 Å². The monoisotopic (exact) mass is 656 g/mol. The maximum atomic E-state index is 2.48. The summed E-state index contributed by atoms with van der Waals surface area (Å²) < 4.78 is 0. The highest BCUT2D eigenvalue weighted by Crippen LogP contribution is 2.48. The van der Waals surface area contributed by atoms with Crippen molar-refractivity contribution in [2.45, 2.75) is 59.3 Å². The van der Waals surface area contributed by atoms with Crippen LogP contribution < -0.4 is 0 Å². The molecule has 0 saturated carbocycles. The second kappa shape index (κ2) is 12.1. The zero-order valence-electron chi connectivity index (χ0n) is 30.5. The summed E-state index contributed by atoms with van der Waals surface area (Å²) in [5, 5.41) is 13.1. The van der Waals surface area contributed by atoms with Crippen LogP contribution in [0.4, 0.5) is 0 Å². The molecule has 0 heterocycles. The van der Waals surface area contributed by atoms with Crippen molar-refractivity contribution in [1.82, 2.24) is 0 Å². The number of hydrogen-bond acceptors (Lipinski definition) is 0. The largest absolute Gasteiger partial charge is 0.0622 e. The third-order valence-electron chi connectivity index (χ3n) is 11.3. The molecule has 0 fully saturated rings. The van der Waals surface area contributed by atoms with E-state index in [-0.39, 0.29) is 0 Å². The standard InChI is InChI=1S/C51H44/c1-30(2)37-28-45(31(3)4)49(46(29-37)32(5)6)38-26-35-21-20-34-22-24-44(43-25-23-36(27-38)47(35)50(34)43)51-41-18-12-10-16-39(41)48(33-14-8-7-9-15-33)40-17-11-13-19-42(40)51/h7-32H,1-6H3. The number of benzene rings is 9. The zero-order chi connectivity index (χ0) is 35.0. The molecule has 51 heavy (non-hydrogen) atoms. The molecule has 0 heteroatoms. The van der Waals surface area contributed by atoms with E-state index < -0.39 is 0 Å². The van der Waals surface area contributed by atoms with Gasteiger partial charge in [0, 0.05) is 0 Å². The molecule has 0 aliphatic heterocycles. The van der Waals surface area contributed by atoms with Gasteiger partial charge in [0.05, 0.1) is 0 Å². The van der Waals surface area contributed by atoms with Gasteiger partial charge in [-0.2, -0.15) is 0 Å². The molecule has 9 aromatic carbocycles. The summed E-state index contributed by atoms with van der Waals surface area (Å²) in [6.45, 7) is 14.0. The van der Waals surface area contributed by atoms with Gasteiger partial charge in [-0.15, -0.1) is 0 Å². The summed E-state index contributed by atoms with van der Waals surface area (Å²) in [6, 6.07) is 52.9. The molecule has 248 valence electrons. The molecule has 0 unspecified atom stereocenters. The highest BCUT2D eigenvalue weighted by atomic mass is 14.3. The topological polar surface area (TPSA) is 0 Å². The predicted molar refractivity (Wildman–Crippen MR) is 224 cm³/mol. The van der Waals surface area contributed by atoms with Crippen LogP contribution in [0.3, 0.4) is 0 Å². The van der Waals surface area contributed by atoms with E-state index in [1.807, 2.05) is 0 Å². The summed E-state index contributed by atoms with van der Waals surface area (Å²) in [5.41, 5.74) is 12.3.